The standard InChI is InChI=1S/C19H18Cl3F3N2O4S/c1-32(30,31)9-16(28)26-8-11-2-4-13(5-3-11)27-10-18(29,19(23,24)25)12-6-14(20)17(22)15(21)7-12/h2-7,27,29H,8-10H2,1H3,(H,26,28)/t18-/m0/s1. The molecule has 3 N–H and O–H groups in total. The molecule has 0 radical (unpaired) electrons. The average molecular weight is 534 g/mol. The Bertz CT molecular complexity index is 1070. The summed E-state index contributed by atoms with van der Waals surface area (Å²) in [6.07, 6.45) is -4.13. The van der Waals surface area contributed by atoms with Crippen LogP contribution in [0.3, 0.4) is 0 Å². The van der Waals surface area contributed by atoms with Crippen LogP contribution in [0.1, 0.15) is 11.1 Å². The molecule has 2 rings (SSSR count). The van der Waals surface area contributed by atoms with Gasteiger partial charge in [0.25, 0.3) is 0 Å². The summed E-state index contributed by atoms with van der Waals surface area (Å²) < 4.78 is 63.3. The number of aliphatic hydroxyl groups is 1. The van der Waals surface area contributed by atoms with E-state index in [1.807, 2.05) is 0 Å². The number of hydrogen-bond donors (Lipinski definition) is 3. The summed E-state index contributed by atoms with van der Waals surface area (Å²) in [5.74, 6) is -1.33. The van der Waals surface area contributed by atoms with Crippen LogP contribution in [0.4, 0.5) is 18.9 Å². The summed E-state index contributed by atoms with van der Waals surface area (Å²) in [5, 5.41) is 14.8. The van der Waals surface area contributed by atoms with E-state index in [9.17, 15) is 31.5 Å². The van der Waals surface area contributed by atoms with E-state index in [-0.39, 0.29) is 27.3 Å². The van der Waals surface area contributed by atoms with E-state index in [0.717, 1.165) is 18.4 Å². The van der Waals surface area contributed by atoms with E-state index in [1.54, 1.807) is 0 Å². The van der Waals surface area contributed by atoms with Gasteiger partial charge in [0.1, 0.15) is 5.75 Å². The summed E-state index contributed by atoms with van der Waals surface area (Å²) in [7, 11) is -3.46. The van der Waals surface area contributed by atoms with Crippen LogP contribution < -0.4 is 10.6 Å². The van der Waals surface area contributed by atoms with Crippen LogP contribution in [0.25, 0.3) is 0 Å². The Kier molecular flexibility index (Phi) is 8.33. The normalized spacial score (nSPS) is 14.0. The van der Waals surface area contributed by atoms with Gasteiger partial charge < -0.3 is 15.7 Å². The highest BCUT2D eigenvalue weighted by atomic mass is 35.5. The monoisotopic (exact) mass is 532 g/mol. The molecule has 176 valence electrons. The molecule has 13 heteroatoms. The summed E-state index contributed by atoms with van der Waals surface area (Å²) in [6.45, 7) is -0.919. The molecule has 1 amide bonds. The quantitative estimate of drug-likeness (QED) is 0.443. The molecule has 6 nitrogen and oxygen atoms in total. The molecule has 0 bridgehead atoms. The first-order valence-corrected chi connectivity index (χ1v) is 12.0. The number of carbonyl (C=O) groups is 1. The van der Waals surface area contributed by atoms with E-state index in [0.29, 0.717) is 5.56 Å². The second-order valence-electron chi connectivity index (χ2n) is 7.01. The van der Waals surface area contributed by atoms with Crippen molar-refractivity contribution in [3.05, 3.63) is 62.6 Å². The third kappa shape index (κ3) is 6.89. The Hall–Kier alpha value is -1.72. The first kappa shape index (κ1) is 26.5. The van der Waals surface area contributed by atoms with Gasteiger partial charge in [0.05, 0.1) is 21.6 Å². The molecule has 0 fully saturated rings. The molecule has 0 aliphatic carbocycles. The van der Waals surface area contributed by atoms with Gasteiger partial charge in [-0.25, -0.2) is 8.42 Å². The Morgan fingerprint density at radius 2 is 1.59 bits per heavy atom. The lowest BCUT2D eigenvalue weighted by molar-refractivity contribution is -0.260. The second-order valence-corrected chi connectivity index (χ2v) is 10.3. The largest absolute Gasteiger partial charge is 0.423 e. The van der Waals surface area contributed by atoms with E-state index >= 15 is 0 Å². The zero-order chi connectivity index (χ0) is 24.3. The van der Waals surface area contributed by atoms with Crippen molar-refractivity contribution < 1.29 is 31.5 Å². The Labute approximate surface area is 197 Å². The van der Waals surface area contributed by atoms with Crippen molar-refractivity contribution in [2.24, 2.45) is 0 Å². The highest BCUT2D eigenvalue weighted by Gasteiger charge is 2.55. The molecule has 0 aliphatic rings. The lowest BCUT2D eigenvalue weighted by Crippen LogP contribution is -2.47. The lowest BCUT2D eigenvalue weighted by Gasteiger charge is -2.32. The zero-order valence-electron chi connectivity index (χ0n) is 16.4. The third-order valence-corrected chi connectivity index (χ3v) is 6.30. The molecule has 0 aromatic heterocycles. The van der Waals surface area contributed by atoms with E-state index in [1.165, 1.54) is 24.3 Å². The van der Waals surface area contributed by atoms with Gasteiger partial charge in [0.2, 0.25) is 11.5 Å². The molecule has 0 saturated heterocycles. The molecule has 0 unspecified atom stereocenters. The fourth-order valence-electron chi connectivity index (χ4n) is 2.62. The van der Waals surface area contributed by atoms with Gasteiger partial charge in [0.15, 0.2) is 9.84 Å². The van der Waals surface area contributed by atoms with Gasteiger partial charge in [-0.1, -0.05) is 46.9 Å². The summed E-state index contributed by atoms with van der Waals surface area (Å²) in [4.78, 5) is 11.5. The molecule has 0 saturated carbocycles. The first-order chi connectivity index (χ1) is 14.6. The minimum absolute atomic E-state index is 0.0306. The minimum atomic E-state index is -5.07. The molecule has 2 aromatic carbocycles. The molecule has 0 spiro atoms. The molecule has 2 aromatic rings. The van der Waals surface area contributed by atoms with Gasteiger partial charge in [-0.2, -0.15) is 13.2 Å². The molecule has 1 atom stereocenters. The van der Waals surface area contributed by atoms with Crippen LogP contribution in [0, 0.1) is 0 Å². The van der Waals surface area contributed by atoms with Crippen LogP contribution in [-0.2, 0) is 26.8 Å². The second kappa shape index (κ2) is 10.0. The smallest absolute Gasteiger partial charge is 0.381 e. The number of sulfone groups is 1. The molecule has 32 heavy (non-hydrogen) atoms. The number of carbonyl (C=O) groups excluding carboxylic acids is 1. The predicted octanol–water partition coefficient (Wildman–Crippen LogP) is 4.17. The van der Waals surface area contributed by atoms with Crippen molar-refractivity contribution >= 4 is 56.2 Å². The molecular formula is C19H18Cl3F3N2O4S. The van der Waals surface area contributed by atoms with Crippen molar-refractivity contribution in [1.82, 2.24) is 5.32 Å². The van der Waals surface area contributed by atoms with Crippen molar-refractivity contribution in [2.45, 2.75) is 18.3 Å². The van der Waals surface area contributed by atoms with E-state index in [4.69, 9.17) is 34.8 Å². The number of anilines is 1. The number of alkyl halides is 3. The van der Waals surface area contributed by atoms with Gasteiger partial charge in [-0.3, -0.25) is 4.79 Å². The fraction of sp³-hybridized carbons (Fsp3) is 0.316. The average Bonchev–Trinajstić information content (AvgIpc) is 2.66. The van der Waals surface area contributed by atoms with Crippen molar-refractivity contribution in [1.29, 1.82) is 0 Å². The summed E-state index contributed by atoms with van der Waals surface area (Å²) >= 11 is 17.4. The van der Waals surface area contributed by atoms with Crippen LogP contribution in [0.2, 0.25) is 15.1 Å². The Morgan fingerprint density at radius 3 is 2.06 bits per heavy atom. The number of amides is 1. The number of benzene rings is 2. The summed E-state index contributed by atoms with van der Waals surface area (Å²) in [5.41, 5.74) is -3.06. The topological polar surface area (TPSA) is 95.5 Å². The maximum atomic E-state index is 13.7. The highest BCUT2D eigenvalue weighted by molar-refractivity contribution is 7.91. The molecule has 0 aliphatic heterocycles. The van der Waals surface area contributed by atoms with Gasteiger partial charge in [-0.15, -0.1) is 0 Å². The molecular weight excluding hydrogens is 516 g/mol. The Morgan fingerprint density at radius 1 is 1.06 bits per heavy atom. The number of nitrogens with one attached hydrogen (secondary N) is 2. The van der Waals surface area contributed by atoms with Crippen LogP contribution in [-0.4, -0.2) is 44.2 Å². The fourth-order valence-corrected chi connectivity index (χ4v) is 3.79. The first-order valence-electron chi connectivity index (χ1n) is 8.84. The predicted molar refractivity (Wildman–Crippen MR) is 118 cm³/mol. The SMILES string of the molecule is CS(=O)(=O)CC(=O)NCc1ccc(NC[C@](O)(c2cc(Cl)c(Cl)c(Cl)c2)C(F)(F)F)cc1. The molecule has 0 heterocycles. The maximum absolute atomic E-state index is 13.7. The maximum Gasteiger partial charge on any atom is 0.423 e. The third-order valence-electron chi connectivity index (χ3n) is 4.32. The zero-order valence-corrected chi connectivity index (χ0v) is 19.5. The highest BCUT2D eigenvalue weighted by Crippen LogP contribution is 2.43. The number of hydrogen-bond acceptors (Lipinski definition) is 5. The lowest BCUT2D eigenvalue weighted by atomic mass is 9.92. The van der Waals surface area contributed by atoms with Gasteiger partial charge >= 0.3 is 6.18 Å². The number of halogens is 6. The number of rotatable bonds is 8. The van der Waals surface area contributed by atoms with Crippen LogP contribution in [0.15, 0.2) is 36.4 Å². The minimum Gasteiger partial charge on any atom is -0.381 e. The van der Waals surface area contributed by atoms with Crippen molar-refractivity contribution in [3.8, 4) is 0 Å². The van der Waals surface area contributed by atoms with Gasteiger partial charge in [-0.05, 0) is 35.4 Å². The summed E-state index contributed by atoms with van der Waals surface area (Å²) in [6, 6.07) is 7.71. The Balaban J connectivity index is 2.12. The van der Waals surface area contributed by atoms with E-state index in [2.05, 4.69) is 10.6 Å². The van der Waals surface area contributed by atoms with E-state index < -0.39 is 45.4 Å². The van der Waals surface area contributed by atoms with Crippen molar-refractivity contribution in [3.63, 3.8) is 0 Å². The van der Waals surface area contributed by atoms with Gasteiger partial charge in [0, 0.05) is 18.5 Å². The van der Waals surface area contributed by atoms with Crippen LogP contribution >= 0.6 is 34.8 Å². The van der Waals surface area contributed by atoms with Crippen LogP contribution in [0.5, 0.6) is 0 Å². The van der Waals surface area contributed by atoms with Crippen molar-refractivity contribution in [2.75, 3.05) is 23.9 Å².